The van der Waals surface area contributed by atoms with Crippen molar-refractivity contribution in [1.82, 2.24) is 4.90 Å². The number of likely N-dealkylation sites (N-methyl/N-ethyl adjacent to an activating group) is 1. The maximum absolute atomic E-state index is 13.8. The van der Waals surface area contributed by atoms with Crippen LogP contribution >= 0.6 is 0 Å². The van der Waals surface area contributed by atoms with E-state index in [1.165, 1.54) is 6.07 Å². The normalized spacial score (nSPS) is 37.3. The molecule has 3 fully saturated rings. The highest BCUT2D eigenvalue weighted by atomic mass is 16.7. The Morgan fingerprint density at radius 2 is 1.43 bits per heavy atom. The molecule has 2 aromatic rings. The molecule has 13 atom stereocenters. The fourth-order valence-electron chi connectivity index (χ4n) is 8.82. The summed E-state index contributed by atoms with van der Waals surface area (Å²) < 4.78 is 37.3. The van der Waals surface area contributed by atoms with Crippen LogP contribution in [0.2, 0.25) is 0 Å². The second-order valence-electron chi connectivity index (χ2n) is 15.9. The lowest BCUT2D eigenvalue weighted by Gasteiger charge is -2.48. The summed E-state index contributed by atoms with van der Waals surface area (Å²) in [4.78, 5) is 41.3. The van der Waals surface area contributed by atoms with Crippen LogP contribution < -0.4 is 0 Å². The number of rotatable bonds is 8. The van der Waals surface area contributed by atoms with Crippen LogP contribution in [0.15, 0.2) is 18.2 Å². The lowest BCUT2D eigenvalue weighted by molar-refractivity contribution is -0.325. The van der Waals surface area contributed by atoms with Crippen LogP contribution in [0.4, 0.5) is 0 Å². The summed E-state index contributed by atoms with van der Waals surface area (Å²) in [5, 5.41) is 66.9. The number of phenols is 3. The molecule has 3 saturated heterocycles. The maximum Gasteiger partial charge on any atom is 0.202 e. The molecule has 2 aromatic carbocycles. The zero-order chi connectivity index (χ0) is 40.5. The number of aliphatic hydroxyl groups excluding tert-OH is 2. The topological polar surface area (TPSA) is 231 Å². The summed E-state index contributed by atoms with van der Waals surface area (Å²) in [6, 6.07) is 3.16. The number of carbonyl (C=O) groups is 3. The molecule has 56 heavy (non-hydrogen) atoms. The standard InChI is InChI=1S/C40H51NO15/c1-7-40(50)15-26(19-12-20-30(35(47)31(19)39(40)49)36(48)33-24(44)9-8-23(43)32(33)34(20)46)54-28-13-21(41(5)6)37(17(3)52-28)56-29-14-25(45)38(18(4)53-29)55-27-11-10-22(42)16(2)51-27/h8-9,12,16-18,21,25-29,37-39,43-45,47,49-50H,7,10-11,13-15H2,1-6H3. The smallest absolute Gasteiger partial charge is 0.202 e. The van der Waals surface area contributed by atoms with E-state index in [1.807, 2.05) is 19.0 Å². The molecule has 0 radical (unpaired) electrons. The number of hydrogen-bond donors (Lipinski definition) is 6. The van der Waals surface area contributed by atoms with Crippen molar-refractivity contribution in [1.29, 1.82) is 0 Å². The average Bonchev–Trinajstić information content (AvgIpc) is 3.14. The van der Waals surface area contributed by atoms with Crippen molar-refractivity contribution < 1.29 is 73.4 Å². The monoisotopic (exact) mass is 785 g/mol. The predicted octanol–water partition coefficient (Wildman–Crippen LogP) is 2.64. The largest absolute Gasteiger partial charge is 0.507 e. The number of aliphatic hydroxyl groups is 3. The predicted molar refractivity (Wildman–Crippen MR) is 193 cm³/mol. The second kappa shape index (κ2) is 15.3. The Bertz CT molecular complexity index is 1870. The van der Waals surface area contributed by atoms with Crippen LogP contribution in [0.3, 0.4) is 0 Å². The first kappa shape index (κ1) is 40.6. The lowest BCUT2D eigenvalue weighted by atomic mass is 9.71. The van der Waals surface area contributed by atoms with Gasteiger partial charge in [-0.1, -0.05) is 6.92 Å². The van der Waals surface area contributed by atoms with Gasteiger partial charge < -0.3 is 64.0 Å². The van der Waals surface area contributed by atoms with Crippen molar-refractivity contribution in [3.05, 3.63) is 51.6 Å². The molecular weight excluding hydrogens is 734 g/mol. The molecule has 0 spiro atoms. The van der Waals surface area contributed by atoms with Crippen LogP contribution in [-0.2, 0) is 33.2 Å². The molecule has 306 valence electrons. The number of ether oxygens (including phenoxy) is 6. The summed E-state index contributed by atoms with van der Waals surface area (Å²) in [5.74, 6) is -3.57. The van der Waals surface area contributed by atoms with E-state index < -0.39 is 119 Å². The number of hydrogen-bond acceptors (Lipinski definition) is 16. The molecule has 0 aromatic heterocycles. The molecule has 0 saturated carbocycles. The summed E-state index contributed by atoms with van der Waals surface area (Å²) in [6.07, 6.45) is -8.07. The number of fused-ring (bicyclic) bond motifs is 3. The highest BCUT2D eigenvalue weighted by Gasteiger charge is 2.51. The molecule has 16 nitrogen and oxygen atoms in total. The first-order chi connectivity index (χ1) is 26.4. The summed E-state index contributed by atoms with van der Waals surface area (Å²) in [6.45, 7) is 6.91. The van der Waals surface area contributed by atoms with Crippen molar-refractivity contribution in [3.63, 3.8) is 0 Å². The average molecular weight is 786 g/mol. The first-order valence-corrected chi connectivity index (χ1v) is 19.2. The van der Waals surface area contributed by atoms with Gasteiger partial charge in [0.2, 0.25) is 5.78 Å². The summed E-state index contributed by atoms with van der Waals surface area (Å²) in [7, 11) is 3.74. The summed E-state index contributed by atoms with van der Waals surface area (Å²) in [5.41, 5.74) is -3.46. The van der Waals surface area contributed by atoms with E-state index in [4.69, 9.17) is 28.4 Å². The van der Waals surface area contributed by atoms with Crippen LogP contribution in [0, 0.1) is 0 Å². The van der Waals surface area contributed by atoms with Crippen molar-refractivity contribution in [3.8, 4) is 17.2 Å². The van der Waals surface area contributed by atoms with Crippen molar-refractivity contribution in [2.75, 3.05) is 14.1 Å². The number of benzene rings is 2. The molecule has 7 rings (SSSR count). The molecule has 5 aliphatic rings. The van der Waals surface area contributed by atoms with Crippen molar-refractivity contribution in [2.24, 2.45) is 0 Å². The fraction of sp³-hybridized carbons (Fsp3) is 0.625. The molecule has 3 heterocycles. The van der Waals surface area contributed by atoms with Crippen LogP contribution in [0.5, 0.6) is 17.2 Å². The van der Waals surface area contributed by atoms with E-state index in [0.29, 0.717) is 12.8 Å². The van der Waals surface area contributed by atoms with Gasteiger partial charge in [-0.2, -0.15) is 0 Å². The summed E-state index contributed by atoms with van der Waals surface area (Å²) >= 11 is 0. The van der Waals surface area contributed by atoms with Crippen LogP contribution in [0.25, 0.3) is 0 Å². The molecule has 0 amide bonds. The molecule has 13 unspecified atom stereocenters. The van der Waals surface area contributed by atoms with Crippen molar-refractivity contribution in [2.45, 2.75) is 146 Å². The van der Waals surface area contributed by atoms with E-state index in [2.05, 4.69) is 0 Å². The molecule has 0 bridgehead atoms. The molecule has 2 aliphatic carbocycles. The zero-order valence-corrected chi connectivity index (χ0v) is 32.2. The minimum Gasteiger partial charge on any atom is -0.507 e. The number of Topliss-reactive ketones (excluding diaryl/α,β-unsaturated/α-hetero) is 1. The van der Waals surface area contributed by atoms with Gasteiger partial charge in [-0.05, 0) is 65.0 Å². The molecule has 6 N–H and O–H groups in total. The van der Waals surface area contributed by atoms with Crippen LogP contribution in [0.1, 0.15) is 121 Å². The van der Waals surface area contributed by atoms with Crippen molar-refractivity contribution >= 4 is 17.3 Å². The third-order valence-electron chi connectivity index (χ3n) is 12.1. The number of phenolic OH excluding ortho intramolecular Hbond substituents is 3. The van der Waals surface area contributed by atoms with Gasteiger partial charge in [0.1, 0.15) is 41.7 Å². The van der Waals surface area contributed by atoms with E-state index >= 15 is 0 Å². The van der Waals surface area contributed by atoms with Gasteiger partial charge in [-0.25, -0.2) is 0 Å². The van der Waals surface area contributed by atoms with Gasteiger partial charge in [0.25, 0.3) is 0 Å². The van der Waals surface area contributed by atoms with E-state index in [9.17, 15) is 45.0 Å². The Labute approximate surface area is 323 Å². The number of aromatic hydroxyl groups is 3. The highest BCUT2D eigenvalue weighted by Crippen LogP contribution is 2.53. The van der Waals surface area contributed by atoms with E-state index in [0.717, 1.165) is 12.1 Å². The second-order valence-corrected chi connectivity index (χ2v) is 15.9. The molecule has 3 aliphatic heterocycles. The van der Waals surface area contributed by atoms with Crippen LogP contribution in [-0.4, -0.2) is 134 Å². The minimum absolute atomic E-state index is 0.00601. The zero-order valence-electron chi connectivity index (χ0n) is 32.2. The first-order valence-electron chi connectivity index (χ1n) is 19.2. The third-order valence-corrected chi connectivity index (χ3v) is 12.1. The van der Waals surface area contributed by atoms with Gasteiger partial charge >= 0.3 is 0 Å². The third kappa shape index (κ3) is 7.03. The number of ketones is 3. The Balaban J connectivity index is 1.10. The maximum atomic E-state index is 13.8. The van der Waals surface area contributed by atoms with Gasteiger partial charge in [0, 0.05) is 49.3 Å². The Morgan fingerprint density at radius 1 is 0.821 bits per heavy atom. The van der Waals surface area contributed by atoms with Gasteiger partial charge in [-0.15, -0.1) is 0 Å². The fourth-order valence-corrected chi connectivity index (χ4v) is 8.82. The number of nitrogens with zero attached hydrogens (tertiary/aromatic N) is 1. The Morgan fingerprint density at radius 3 is 2.04 bits per heavy atom. The molecular formula is C40H51NO15. The lowest BCUT2D eigenvalue weighted by Crippen LogP contribution is -2.58. The van der Waals surface area contributed by atoms with Gasteiger partial charge in [0.05, 0.1) is 46.7 Å². The molecule has 16 heteroatoms. The van der Waals surface area contributed by atoms with E-state index in [-0.39, 0.29) is 54.2 Å². The quantitative estimate of drug-likeness (QED) is 0.180. The van der Waals surface area contributed by atoms with Gasteiger partial charge in [0.15, 0.2) is 30.4 Å². The number of carbonyl (C=O) groups excluding carboxylic acids is 3. The minimum atomic E-state index is -1.81. The van der Waals surface area contributed by atoms with Gasteiger partial charge in [-0.3, -0.25) is 14.4 Å². The SMILES string of the molecule is CCC1(O)CC(OC2CC(N(C)C)C(OC3CC(O)C(OC4CCC(=O)C(C)O4)C(C)O3)C(C)O2)c2cc3c(c(O)c2C1O)C(=O)c1c(O)ccc(O)c1C3=O. The Kier molecular flexibility index (Phi) is 11.1. The van der Waals surface area contributed by atoms with E-state index in [1.54, 1.807) is 27.7 Å². The highest BCUT2D eigenvalue weighted by molar-refractivity contribution is 6.31. The Hall–Kier alpha value is -3.55.